The van der Waals surface area contributed by atoms with Crippen molar-refractivity contribution < 1.29 is 27.0 Å². The molecule has 2 aromatic rings. The number of rotatable bonds is 8. The van der Waals surface area contributed by atoms with E-state index in [4.69, 9.17) is 9.98 Å². The van der Waals surface area contributed by atoms with Crippen LogP contribution in [0.15, 0.2) is 34.3 Å². The average molecular weight is 691 g/mol. The van der Waals surface area contributed by atoms with E-state index in [1.807, 2.05) is 18.5 Å². The zero-order valence-corrected chi connectivity index (χ0v) is 33.5. The van der Waals surface area contributed by atoms with E-state index in [0.29, 0.717) is 11.5 Å². The molecule has 1 saturated carbocycles. The summed E-state index contributed by atoms with van der Waals surface area (Å²) < 4.78 is 0. The van der Waals surface area contributed by atoms with Crippen LogP contribution in [0.4, 0.5) is 0 Å². The molecule has 0 heterocycles. The van der Waals surface area contributed by atoms with Gasteiger partial charge in [-0.3, -0.25) is 9.98 Å². The van der Waals surface area contributed by atoms with Gasteiger partial charge in [0.1, 0.15) is 11.5 Å². The molecule has 5 heteroatoms. The summed E-state index contributed by atoms with van der Waals surface area (Å²) in [5.41, 5.74) is 5.73. The molecule has 2 unspecified atom stereocenters. The van der Waals surface area contributed by atoms with E-state index in [1.54, 1.807) is 0 Å². The van der Waals surface area contributed by atoms with Crippen molar-refractivity contribution in [2.45, 2.75) is 164 Å². The molecule has 267 valence electrons. The van der Waals surface area contributed by atoms with Gasteiger partial charge < -0.3 is 17.6 Å². The van der Waals surface area contributed by atoms with Gasteiger partial charge in [0.2, 0.25) is 0 Å². The number of benzene rings is 2. The smallest absolute Gasteiger partial charge is 0.128 e. The number of aryl methyl sites for hydroxylation is 1. The number of nitrogens with zero attached hydrogens (tertiary/aromatic N) is 2. The van der Waals surface area contributed by atoms with Crippen molar-refractivity contribution >= 4 is 12.4 Å². The fourth-order valence-corrected chi connectivity index (χ4v) is 7.76. The SMILES string of the molecule is Cc1cc(C=NC2CCCCC2N=Cc2cc(C(C)(C)C)cc(C(C)(C)CC(C)(C)C)c2O)c(O)c(C(C)(C)CC(C)(C)C)c1.[CH3-].[Co]. The van der Waals surface area contributed by atoms with Crippen LogP contribution in [0.25, 0.3) is 0 Å². The molecule has 0 aliphatic heterocycles. The molecule has 0 saturated heterocycles. The van der Waals surface area contributed by atoms with Gasteiger partial charge in [0.05, 0.1) is 12.1 Å². The van der Waals surface area contributed by atoms with Crippen LogP contribution in [0, 0.1) is 25.2 Å². The Hall–Kier alpha value is -2.11. The second kappa shape index (κ2) is 15.6. The van der Waals surface area contributed by atoms with Crippen molar-refractivity contribution in [2.75, 3.05) is 0 Å². The van der Waals surface area contributed by atoms with Crippen molar-refractivity contribution in [2.24, 2.45) is 20.8 Å². The number of phenolic OH excluding ortho intramolecular Hbond substituents is 2. The van der Waals surface area contributed by atoms with Crippen molar-refractivity contribution in [3.05, 3.63) is 65.1 Å². The monoisotopic (exact) mass is 690 g/mol. The maximum Gasteiger partial charge on any atom is 0.128 e. The van der Waals surface area contributed by atoms with Crippen LogP contribution in [0.1, 0.15) is 162 Å². The molecule has 0 amide bonds. The van der Waals surface area contributed by atoms with Crippen molar-refractivity contribution in [1.82, 2.24) is 0 Å². The third kappa shape index (κ3) is 11.8. The summed E-state index contributed by atoms with van der Waals surface area (Å²) in [6.07, 6.45) is 9.86. The van der Waals surface area contributed by atoms with E-state index in [-0.39, 0.29) is 63.4 Å². The van der Waals surface area contributed by atoms with Gasteiger partial charge in [0.15, 0.2) is 0 Å². The Bertz CT molecular complexity index is 1400. The van der Waals surface area contributed by atoms with Crippen LogP contribution in [-0.2, 0) is 33.0 Å². The standard InChI is InChI=1S/C41H64N2O2.CH3.Co/c1-27-19-28(35(44)31(20-27)40(11,12)25-37(2,3)4)23-42-33-17-15-16-18-34(33)43-24-29-21-30(39(8,9)10)22-32(36(29)45)41(13,14)26-38(5,6)7;;/h19-24,33-34,44-45H,15-18,25-26H2,1-14H3;1H3;/q;-1;. The minimum atomic E-state index is -0.194. The summed E-state index contributed by atoms with van der Waals surface area (Å²) in [6.45, 7) is 31.2. The van der Waals surface area contributed by atoms with Gasteiger partial charge >= 0.3 is 0 Å². The van der Waals surface area contributed by atoms with E-state index < -0.39 is 0 Å². The largest absolute Gasteiger partial charge is 0.507 e. The fourth-order valence-electron chi connectivity index (χ4n) is 7.76. The first-order chi connectivity index (χ1) is 20.4. The van der Waals surface area contributed by atoms with Gasteiger partial charge in [-0.05, 0) is 82.9 Å². The molecule has 2 N–H and O–H groups in total. The second-order valence-electron chi connectivity index (χ2n) is 18.7. The molecule has 1 aliphatic carbocycles. The van der Waals surface area contributed by atoms with Crippen LogP contribution in [-0.4, -0.2) is 34.7 Å². The van der Waals surface area contributed by atoms with Gasteiger partial charge in [-0.1, -0.05) is 115 Å². The Balaban J connectivity index is 0.00000552. The second-order valence-corrected chi connectivity index (χ2v) is 18.7. The molecule has 2 atom stereocenters. The zero-order valence-electron chi connectivity index (χ0n) is 32.5. The van der Waals surface area contributed by atoms with Crippen molar-refractivity contribution in [3.8, 4) is 11.5 Å². The minimum Gasteiger partial charge on any atom is -0.507 e. The van der Waals surface area contributed by atoms with Gasteiger partial charge in [-0.2, -0.15) is 0 Å². The van der Waals surface area contributed by atoms with E-state index in [0.717, 1.165) is 66.3 Å². The maximum atomic E-state index is 11.6. The number of aliphatic imine (C=N–C) groups is 2. The topological polar surface area (TPSA) is 65.2 Å². The van der Waals surface area contributed by atoms with Crippen LogP contribution in [0.5, 0.6) is 11.5 Å². The van der Waals surface area contributed by atoms with Crippen LogP contribution < -0.4 is 0 Å². The first kappa shape index (κ1) is 42.9. The summed E-state index contributed by atoms with van der Waals surface area (Å²) in [5, 5.41) is 23.1. The van der Waals surface area contributed by atoms with Crippen LogP contribution in [0.2, 0.25) is 0 Å². The summed E-state index contributed by atoms with van der Waals surface area (Å²) in [4.78, 5) is 10.2. The van der Waals surface area contributed by atoms with Gasteiger partial charge in [-0.25, -0.2) is 0 Å². The Morgan fingerprint density at radius 3 is 1.40 bits per heavy atom. The van der Waals surface area contributed by atoms with Crippen LogP contribution in [0.3, 0.4) is 0 Å². The molecule has 47 heavy (non-hydrogen) atoms. The molecule has 1 aliphatic rings. The average Bonchev–Trinajstić information content (AvgIpc) is 2.85. The van der Waals surface area contributed by atoms with Gasteiger partial charge in [-0.15, -0.1) is 0 Å². The molecule has 0 bridgehead atoms. The normalized spacial score (nSPS) is 18.3. The fraction of sp³-hybridized carbons (Fsp3) is 0.643. The molecule has 4 nitrogen and oxygen atoms in total. The summed E-state index contributed by atoms with van der Waals surface area (Å²) >= 11 is 0. The van der Waals surface area contributed by atoms with Crippen molar-refractivity contribution in [3.63, 3.8) is 0 Å². The molecule has 3 rings (SSSR count). The number of aromatic hydroxyl groups is 2. The predicted octanol–water partition coefficient (Wildman–Crippen LogP) is 11.4. The van der Waals surface area contributed by atoms with E-state index >= 15 is 0 Å². The third-order valence-corrected chi connectivity index (χ3v) is 9.20. The Morgan fingerprint density at radius 2 is 1.02 bits per heavy atom. The molecule has 0 spiro atoms. The van der Waals surface area contributed by atoms with Gasteiger partial charge in [0, 0.05) is 51.5 Å². The molecular formula is C42H67CoN2O2-. The first-order valence-corrected chi connectivity index (χ1v) is 17.2. The van der Waals surface area contributed by atoms with E-state index in [1.165, 1.54) is 5.56 Å². The molecular weight excluding hydrogens is 623 g/mol. The Kier molecular flexibility index (Phi) is 14.3. The summed E-state index contributed by atoms with van der Waals surface area (Å²) in [5.74, 6) is 0.677. The molecule has 0 aromatic heterocycles. The number of hydrogen-bond donors (Lipinski definition) is 2. The molecule has 1 fully saturated rings. The number of hydrogen-bond acceptors (Lipinski definition) is 4. The Labute approximate surface area is 299 Å². The predicted molar refractivity (Wildman–Crippen MR) is 201 cm³/mol. The zero-order chi connectivity index (χ0) is 34.2. The third-order valence-electron chi connectivity index (χ3n) is 9.20. The molecule has 1 radical (unpaired) electrons. The summed E-state index contributed by atoms with van der Waals surface area (Å²) in [6, 6.07) is 8.54. The molecule has 2 aromatic carbocycles. The van der Waals surface area contributed by atoms with Gasteiger partial charge in [0.25, 0.3) is 0 Å². The minimum absolute atomic E-state index is 0. The van der Waals surface area contributed by atoms with E-state index in [9.17, 15) is 10.2 Å². The van der Waals surface area contributed by atoms with Crippen LogP contribution >= 0.6 is 0 Å². The van der Waals surface area contributed by atoms with E-state index in [2.05, 4.69) is 115 Å². The maximum absolute atomic E-state index is 11.6. The first-order valence-electron chi connectivity index (χ1n) is 17.2. The summed E-state index contributed by atoms with van der Waals surface area (Å²) in [7, 11) is 0. The van der Waals surface area contributed by atoms with Crippen molar-refractivity contribution in [1.29, 1.82) is 0 Å². The Morgan fingerprint density at radius 1 is 0.638 bits per heavy atom. The number of phenols is 2. The quantitative estimate of drug-likeness (QED) is 0.214.